The SMILES string of the molecule is COc1ccc(-c2ccc(O)c3ccccc23)c(C(=O)Oc2ccc(O)c3ccccc23)c1. The largest absolute Gasteiger partial charge is 0.507 e. The second kappa shape index (κ2) is 8.20. The summed E-state index contributed by atoms with van der Waals surface area (Å²) in [5.41, 5.74) is 1.76. The fourth-order valence-electron chi connectivity index (χ4n) is 4.07. The maximum atomic E-state index is 13.4. The second-order valence-electron chi connectivity index (χ2n) is 7.61. The van der Waals surface area contributed by atoms with Gasteiger partial charge in [0.15, 0.2) is 0 Å². The van der Waals surface area contributed by atoms with Crippen LogP contribution in [0, 0.1) is 0 Å². The third-order valence-corrected chi connectivity index (χ3v) is 5.70. The normalized spacial score (nSPS) is 10.9. The van der Waals surface area contributed by atoms with Crippen LogP contribution < -0.4 is 9.47 Å². The van der Waals surface area contributed by atoms with Crippen LogP contribution in [-0.4, -0.2) is 23.3 Å². The van der Waals surface area contributed by atoms with Gasteiger partial charge in [-0.05, 0) is 52.9 Å². The van der Waals surface area contributed by atoms with E-state index < -0.39 is 5.97 Å². The lowest BCUT2D eigenvalue weighted by Gasteiger charge is -2.15. The van der Waals surface area contributed by atoms with E-state index in [2.05, 4.69) is 0 Å². The number of esters is 1. The number of fused-ring (bicyclic) bond motifs is 2. The van der Waals surface area contributed by atoms with E-state index in [9.17, 15) is 15.0 Å². The first-order valence-corrected chi connectivity index (χ1v) is 10.4. The molecule has 0 spiro atoms. The van der Waals surface area contributed by atoms with Gasteiger partial charge in [-0.25, -0.2) is 4.79 Å². The van der Waals surface area contributed by atoms with Gasteiger partial charge in [-0.15, -0.1) is 0 Å². The number of carbonyl (C=O) groups is 1. The van der Waals surface area contributed by atoms with Crippen molar-refractivity contribution in [3.05, 3.63) is 96.6 Å². The Balaban J connectivity index is 1.65. The van der Waals surface area contributed by atoms with E-state index in [0.29, 0.717) is 38.8 Å². The summed E-state index contributed by atoms with van der Waals surface area (Å²) >= 11 is 0. The fraction of sp³-hybridized carbons (Fsp3) is 0.0357. The van der Waals surface area contributed by atoms with Crippen molar-refractivity contribution in [3.8, 4) is 34.1 Å². The molecule has 0 heterocycles. The highest BCUT2D eigenvalue weighted by atomic mass is 16.5. The van der Waals surface area contributed by atoms with E-state index in [1.54, 1.807) is 42.5 Å². The summed E-state index contributed by atoms with van der Waals surface area (Å²) in [6, 6.07) is 26.4. The summed E-state index contributed by atoms with van der Waals surface area (Å²) in [6.07, 6.45) is 0. The predicted molar refractivity (Wildman–Crippen MR) is 128 cm³/mol. The molecule has 0 bridgehead atoms. The molecule has 0 radical (unpaired) electrons. The summed E-state index contributed by atoms with van der Waals surface area (Å²) in [6.45, 7) is 0. The Labute approximate surface area is 190 Å². The molecule has 33 heavy (non-hydrogen) atoms. The van der Waals surface area contributed by atoms with Gasteiger partial charge in [-0.3, -0.25) is 0 Å². The summed E-state index contributed by atoms with van der Waals surface area (Å²) in [7, 11) is 1.54. The van der Waals surface area contributed by atoms with E-state index in [1.165, 1.54) is 13.2 Å². The van der Waals surface area contributed by atoms with Gasteiger partial charge >= 0.3 is 5.97 Å². The van der Waals surface area contributed by atoms with Gasteiger partial charge in [0.05, 0.1) is 12.7 Å². The molecule has 5 aromatic rings. The molecule has 5 nitrogen and oxygen atoms in total. The standard InChI is InChI=1S/C28H20O5/c1-32-17-10-11-20(19-12-13-25(29)21-7-3-2-6-18(19)21)24(16-17)28(31)33-27-15-14-26(30)22-8-4-5-9-23(22)27/h2-16,29-30H,1H3. The number of hydrogen-bond donors (Lipinski definition) is 2. The average Bonchev–Trinajstić information content (AvgIpc) is 2.86. The maximum absolute atomic E-state index is 13.4. The number of aromatic hydroxyl groups is 2. The van der Waals surface area contributed by atoms with Crippen molar-refractivity contribution in [3.63, 3.8) is 0 Å². The zero-order valence-corrected chi connectivity index (χ0v) is 17.8. The van der Waals surface area contributed by atoms with Crippen molar-refractivity contribution in [2.45, 2.75) is 0 Å². The van der Waals surface area contributed by atoms with Crippen LogP contribution in [0.4, 0.5) is 0 Å². The Hall–Kier alpha value is -4.51. The molecule has 0 atom stereocenters. The van der Waals surface area contributed by atoms with E-state index in [-0.39, 0.29) is 11.5 Å². The minimum absolute atomic E-state index is 0.114. The number of hydrogen-bond acceptors (Lipinski definition) is 5. The average molecular weight is 436 g/mol. The highest BCUT2D eigenvalue weighted by Crippen LogP contribution is 2.38. The predicted octanol–water partition coefficient (Wildman–Crippen LogP) is 6.30. The molecule has 0 saturated carbocycles. The first kappa shape index (κ1) is 20.4. The molecule has 0 aliphatic heterocycles. The molecule has 5 heteroatoms. The summed E-state index contributed by atoms with van der Waals surface area (Å²) in [5.74, 6) is 0.588. The molecule has 0 aliphatic rings. The monoisotopic (exact) mass is 436 g/mol. The zero-order chi connectivity index (χ0) is 22.9. The summed E-state index contributed by atoms with van der Waals surface area (Å²) in [4.78, 5) is 13.4. The molecular weight excluding hydrogens is 416 g/mol. The van der Waals surface area contributed by atoms with Gasteiger partial charge < -0.3 is 19.7 Å². The first-order valence-electron chi connectivity index (χ1n) is 10.4. The minimum Gasteiger partial charge on any atom is -0.507 e. The van der Waals surface area contributed by atoms with E-state index in [1.807, 2.05) is 42.5 Å². The third-order valence-electron chi connectivity index (χ3n) is 5.70. The number of benzene rings is 5. The highest BCUT2D eigenvalue weighted by Gasteiger charge is 2.20. The van der Waals surface area contributed by atoms with Crippen molar-refractivity contribution in [2.75, 3.05) is 7.11 Å². The van der Waals surface area contributed by atoms with Crippen LogP contribution in [0.5, 0.6) is 23.0 Å². The van der Waals surface area contributed by atoms with Gasteiger partial charge in [0.25, 0.3) is 0 Å². The fourth-order valence-corrected chi connectivity index (χ4v) is 4.07. The number of phenolic OH excluding ortho intramolecular Hbond substituents is 2. The van der Waals surface area contributed by atoms with Crippen LogP contribution in [0.2, 0.25) is 0 Å². The molecule has 162 valence electrons. The smallest absolute Gasteiger partial charge is 0.344 e. The van der Waals surface area contributed by atoms with E-state index in [0.717, 1.165) is 10.9 Å². The summed E-state index contributed by atoms with van der Waals surface area (Å²) in [5, 5.41) is 23.2. The van der Waals surface area contributed by atoms with Crippen molar-refractivity contribution < 1.29 is 24.5 Å². The van der Waals surface area contributed by atoms with Gasteiger partial charge in [0.2, 0.25) is 0 Å². The van der Waals surface area contributed by atoms with Gasteiger partial charge in [0.1, 0.15) is 23.0 Å². The number of ether oxygens (including phenoxy) is 2. The molecule has 0 amide bonds. The van der Waals surface area contributed by atoms with Crippen LogP contribution >= 0.6 is 0 Å². The Morgan fingerprint density at radius 1 is 0.667 bits per heavy atom. The topological polar surface area (TPSA) is 76.0 Å². The molecule has 0 fully saturated rings. The molecule has 0 aliphatic carbocycles. The molecule has 0 aromatic heterocycles. The highest BCUT2D eigenvalue weighted by molar-refractivity contribution is 6.07. The van der Waals surface area contributed by atoms with E-state index in [4.69, 9.17) is 9.47 Å². The quantitative estimate of drug-likeness (QED) is 0.255. The summed E-state index contributed by atoms with van der Waals surface area (Å²) < 4.78 is 11.2. The lowest BCUT2D eigenvalue weighted by Crippen LogP contribution is -2.11. The molecule has 0 unspecified atom stereocenters. The van der Waals surface area contributed by atoms with Crippen LogP contribution in [0.25, 0.3) is 32.7 Å². The van der Waals surface area contributed by atoms with E-state index >= 15 is 0 Å². The zero-order valence-electron chi connectivity index (χ0n) is 17.8. The lowest BCUT2D eigenvalue weighted by atomic mass is 9.94. The number of methoxy groups -OCH3 is 1. The maximum Gasteiger partial charge on any atom is 0.344 e. The Kier molecular flexibility index (Phi) is 5.07. The van der Waals surface area contributed by atoms with Gasteiger partial charge in [0, 0.05) is 16.2 Å². The van der Waals surface area contributed by atoms with Crippen LogP contribution in [0.3, 0.4) is 0 Å². The number of phenols is 2. The Morgan fingerprint density at radius 3 is 1.94 bits per heavy atom. The second-order valence-corrected chi connectivity index (χ2v) is 7.61. The van der Waals surface area contributed by atoms with Crippen LogP contribution in [0.1, 0.15) is 10.4 Å². The van der Waals surface area contributed by atoms with Crippen molar-refractivity contribution in [1.82, 2.24) is 0 Å². The lowest BCUT2D eigenvalue weighted by molar-refractivity contribution is 0.0737. The minimum atomic E-state index is -0.558. The van der Waals surface area contributed by atoms with Crippen LogP contribution in [0.15, 0.2) is 91.0 Å². The Morgan fingerprint density at radius 2 is 1.24 bits per heavy atom. The van der Waals surface area contributed by atoms with Crippen molar-refractivity contribution >= 4 is 27.5 Å². The molecule has 2 N–H and O–H groups in total. The number of rotatable bonds is 4. The molecule has 0 saturated heterocycles. The number of carbonyl (C=O) groups excluding carboxylic acids is 1. The molecular formula is C28H20O5. The molecule has 5 aromatic carbocycles. The first-order chi connectivity index (χ1) is 16.1. The van der Waals surface area contributed by atoms with Gasteiger partial charge in [-0.1, -0.05) is 54.6 Å². The van der Waals surface area contributed by atoms with Crippen molar-refractivity contribution in [2.24, 2.45) is 0 Å². The molecule has 5 rings (SSSR count). The van der Waals surface area contributed by atoms with Crippen molar-refractivity contribution in [1.29, 1.82) is 0 Å². The van der Waals surface area contributed by atoms with Crippen LogP contribution in [-0.2, 0) is 0 Å². The Bertz CT molecular complexity index is 1520. The van der Waals surface area contributed by atoms with Gasteiger partial charge in [-0.2, -0.15) is 0 Å². The third kappa shape index (κ3) is 3.59.